The highest BCUT2D eigenvalue weighted by Gasteiger charge is 2.16. The van der Waals surface area contributed by atoms with E-state index in [4.69, 9.17) is 0 Å². The maximum atomic E-state index is 11.1. The number of rotatable bonds is 13. The van der Waals surface area contributed by atoms with Crippen molar-refractivity contribution >= 4 is 43.1 Å². The number of aromatic hydroxyl groups is 2. The van der Waals surface area contributed by atoms with Crippen molar-refractivity contribution in [2.24, 2.45) is 0 Å². The Bertz CT molecular complexity index is 1200. The molecule has 0 aliphatic heterocycles. The monoisotopic (exact) mass is 518 g/mol. The van der Waals surface area contributed by atoms with Gasteiger partial charge in [-0.2, -0.15) is 0 Å². The molecule has 4 heteroatoms. The first-order valence-corrected chi connectivity index (χ1v) is 15.6. The maximum Gasteiger partial charge on any atom is 0.137 e. The van der Waals surface area contributed by atoms with Gasteiger partial charge in [0.25, 0.3) is 0 Å². The third-order valence-corrected chi connectivity index (χ3v) is 9.35. The molecule has 0 unspecified atom stereocenters. The fourth-order valence-electron chi connectivity index (χ4n) is 4.93. The molecule has 0 radical (unpaired) electrons. The minimum atomic E-state index is 0.334. The van der Waals surface area contributed by atoms with Gasteiger partial charge in [-0.25, -0.2) is 0 Å². The molecule has 0 amide bonds. The van der Waals surface area contributed by atoms with Crippen LogP contribution in [0.15, 0.2) is 70.5 Å². The average Bonchev–Trinajstić information content (AvgIpc) is 2.91. The van der Waals surface area contributed by atoms with Crippen molar-refractivity contribution in [2.75, 3.05) is 0 Å². The number of hydrogen-bond acceptors (Lipinski definition) is 4. The van der Waals surface area contributed by atoms with E-state index in [1.165, 1.54) is 49.7 Å². The van der Waals surface area contributed by atoms with E-state index in [1.807, 2.05) is 36.4 Å². The van der Waals surface area contributed by atoms with Gasteiger partial charge in [-0.05, 0) is 81.3 Å². The molecule has 4 aromatic carbocycles. The van der Waals surface area contributed by atoms with E-state index in [-0.39, 0.29) is 0 Å². The van der Waals surface area contributed by atoms with Crippen molar-refractivity contribution < 1.29 is 10.2 Å². The number of unbranched alkanes of at least 4 members (excludes halogenated alkanes) is 6. The molecule has 4 aromatic rings. The molecular weight excluding hydrogens is 480 g/mol. The van der Waals surface area contributed by atoms with Gasteiger partial charge < -0.3 is 10.2 Å². The molecule has 0 atom stereocenters. The van der Waals surface area contributed by atoms with E-state index in [1.54, 1.807) is 21.6 Å². The van der Waals surface area contributed by atoms with E-state index >= 15 is 0 Å². The molecule has 190 valence electrons. The van der Waals surface area contributed by atoms with Gasteiger partial charge in [0.1, 0.15) is 11.5 Å². The van der Waals surface area contributed by atoms with Crippen molar-refractivity contribution in [3.63, 3.8) is 0 Å². The summed E-state index contributed by atoms with van der Waals surface area (Å²) in [7, 11) is 3.09. The lowest BCUT2D eigenvalue weighted by Crippen LogP contribution is -1.91. The van der Waals surface area contributed by atoms with E-state index in [2.05, 4.69) is 38.1 Å². The van der Waals surface area contributed by atoms with Gasteiger partial charge in [0.05, 0.1) is 9.79 Å². The number of fused-ring (bicyclic) bond motifs is 2. The Morgan fingerprint density at radius 3 is 1.31 bits per heavy atom. The molecule has 0 saturated heterocycles. The Hall–Kier alpha value is -2.30. The van der Waals surface area contributed by atoms with Crippen molar-refractivity contribution in [1.82, 2.24) is 0 Å². The summed E-state index contributed by atoms with van der Waals surface area (Å²) in [6.07, 6.45) is 11.8. The Kier molecular flexibility index (Phi) is 9.89. The van der Waals surface area contributed by atoms with Crippen molar-refractivity contribution in [3.05, 3.63) is 71.8 Å². The topological polar surface area (TPSA) is 40.5 Å². The third-order valence-electron chi connectivity index (χ3n) is 6.95. The maximum absolute atomic E-state index is 11.1. The van der Waals surface area contributed by atoms with Crippen LogP contribution in [0.5, 0.6) is 11.5 Å². The van der Waals surface area contributed by atoms with Crippen LogP contribution in [0.25, 0.3) is 21.5 Å². The van der Waals surface area contributed by atoms with Crippen molar-refractivity contribution in [1.29, 1.82) is 0 Å². The third kappa shape index (κ3) is 6.33. The highest BCUT2D eigenvalue weighted by atomic mass is 33.1. The van der Waals surface area contributed by atoms with Crippen LogP contribution < -0.4 is 0 Å². The Balaban J connectivity index is 1.62. The van der Waals surface area contributed by atoms with E-state index < -0.39 is 0 Å². The number of benzene rings is 4. The van der Waals surface area contributed by atoms with Crippen molar-refractivity contribution in [3.8, 4) is 11.5 Å². The molecular formula is C32H38O2S2. The Morgan fingerprint density at radius 1 is 0.528 bits per heavy atom. The summed E-state index contributed by atoms with van der Waals surface area (Å²) in [4.78, 5) is 1.72. The van der Waals surface area contributed by atoms with Crippen LogP contribution >= 0.6 is 21.6 Å². The van der Waals surface area contributed by atoms with Gasteiger partial charge in [0.15, 0.2) is 0 Å². The van der Waals surface area contributed by atoms with Gasteiger partial charge >= 0.3 is 0 Å². The average molecular weight is 519 g/mol. The summed E-state index contributed by atoms with van der Waals surface area (Å²) in [6.45, 7) is 4.47. The lowest BCUT2D eigenvalue weighted by atomic mass is 9.99. The normalized spacial score (nSPS) is 11.5. The zero-order chi connectivity index (χ0) is 25.3. The summed E-state index contributed by atoms with van der Waals surface area (Å²) in [6, 6.07) is 20.7. The zero-order valence-corrected chi connectivity index (χ0v) is 23.2. The molecule has 0 bridgehead atoms. The quantitative estimate of drug-likeness (QED) is 0.136. The van der Waals surface area contributed by atoms with Crippen LogP contribution in [0.1, 0.15) is 76.3 Å². The Labute approximate surface area is 223 Å². The molecule has 0 saturated carbocycles. The van der Waals surface area contributed by atoms with Gasteiger partial charge in [-0.1, -0.05) is 101 Å². The first-order chi connectivity index (χ1) is 17.6. The fraction of sp³-hybridized carbons (Fsp3) is 0.375. The zero-order valence-electron chi connectivity index (χ0n) is 21.6. The standard InChI is InChI=1S/C32H38O2S2/c1-3-5-7-9-15-23-21-29(31(33)27-19-13-11-17-25(23)27)35-36-30-22-24(16-10-8-6-4-2)26-18-12-14-20-28(26)32(30)34/h11-14,17-22,33-34H,3-10,15-16H2,1-2H3. The molecule has 2 N–H and O–H groups in total. The second-order valence-corrected chi connectivity index (χ2v) is 11.9. The number of aryl methyl sites for hydroxylation is 2. The van der Waals surface area contributed by atoms with E-state index in [0.29, 0.717) is 11.5 Å². The lowest BCUT2D eigenvalue weighted by Gasteiger charge is -2.15. The minimum Gasteiger partial charge on any atom is -0.506 e. The van der Waals surface area contributed by atoms with Crippen LogP contribution in [0.4, 0.5) is 0 Å². The van der Waals surface area contributed by atoms with E-state index in [9.17, 15) is 10.2 Å². The molecule has 0 aromatic heterocycles. The first-order valence-electron chi connectivity index (χ1n) is 13.5. The largest absolute Gasteiger partial charge is 0.506 e. The SMILES string of the molecule is CCCCCCc1cc(SSc2cc(CCCCCC)c3ccccc3c2O)c(O)c2ccccc12. The minimum absolute atomic E-state index is 0.334. The highest BCUT2D eigenvalue weighted by Crippen LogP contribution is 2.49. The predicted molar refractivity (Wildman–Crippen MR) is 159 cm³/mol. The Morgan fingerprint density at radius 2 is 0.917 bits per heavy atom. The predicted octanol–water partition coefficient (Wildman–Crippen LogP) is 10.4. The lowest BCUT2D eigenvalue weighted by molar-refractivity contribution is 0.468. The van der Waals surface area contributed by atoms with Crippen molar-refractivity contribution in [2.45, 2.75) is 87.8 Å². The molecule has 0 fully saturated rings. The van der Waals surface area contributed by atoms with Crippen LogP contribution in [-0.2, 0) is 12.8 Å². The molecule has 0 spiro atoms. The second kappa shape index (κ2) is 13.3. The second-order valence-electron chi connectivity index (χ2n) is 9.64. The van der Waals surface area contributed by atoms with Crippen LogP contribution in [0.2, 0.25) is 0 Å². The molecule has 36 heavy (non-hydrogen) atoms. The number of phenols is 2. The molecule has 0 aliphatic rings. The summed E-state index contributed by atoms with van der Waals surface area (Å²) in [5.74, 6) is 0.668. The molecule has 0 heterocycles. The summed E-state index contributed by atoms with van der Waals surface area (Å²) >= 11 is 0. The summed E-state index contributed by atoms with van der Waals surface area (Å²) < 4.78 is 0. The highest BCUT2D eigenvalue weighted by molar-refractivity contribution is 8.76. The molecule has 4 rings (SSSR count). The van der Waals surface area contributed by atoms with Gasteiger partial charge in [0.2, 0.25) is 0 Å². The number of hydrogen-bond donors (Lipinski definition) is 2. The fourth-order valence-corrected chi connectivity index (χ4v) is 7.17. The molecule has 2 nitrogen and oxygen atoms in total. The van der Waals surface area contributed by atoms with E-state index in [0.717, 1.165) is 57.0 Å². The van der Waals surface area contributed by atoms with Gasteiger partial charge in [-0.3, -0.25) is 0 Å². The smallest absolute Gasteiger partial charge is 0.137 e. The van der Waals surface area contributed by atoms with Crippen LogP contribution in [-0.4, -0.2) is 10.2 Å². The molecule has 0 aliphatic carbocycles. The number of phenolic OH excluding ortho intramolecular Hbond substituents is 2. The van der Waals surface area contributed by atoms with Gasteiger partial charge in [0, 0.05) is 10.8 Å². The van der Waals surface area contributed by atoms with Crippen LogP contribution in [0.3, 0.4) is 0 Å². The van der Waals surface area contributed by atoms with Gasteiger partial charge in [-0.15, -0.1) is 0 Å². The summed E-state index contributed by atoms with van der Waals surface area (Å²) in [5.41, 5.74) is 2.59. The summed E-state index contributed by atoms with van der Waals surface area (Å²) in [5, 5.41) is 26.4. The first kappa shape index (κ1) is 26.8. The van der Waals surface area contributed by atoms with Crippen LogP contribution in [0, 0.1) is 0 Å².